The van der Waals surface area contributed by atoms with Crippen molar-refractivity contribution in [3.05, 3.63) is 29.3 Å². The molecular weight excluding hydrogens is 361 g/mol. The Morgan fingerprint density at radius 3 is 2.56 bits per heavy atom. The number of nitrogens with zero attached hydrogens (tertiary/aromatic N) is 1. The zero-order chi connectivity index (χ0) is 20.3. The van der Waals surface area contributed by atoms with E-state index in [0.29, 0.717) is 24.6 Å². The van der Waals surface area contributed by atoms with Crippen molar-refractivity contribution < 1.29 is 22.7 Å². The van der Waals surface area contributed by atoms with E-state index >= 15 is 0 Å². The second kappa shape index (κ2) is 11.3. The fourth-order valence-corrected chi connectivity index (χ4v) is 2.08. The molecule has 0 saturated heterocycles. The molecule has 9 heteroatoms. The normalized spacial score (nSPS) is 11.9. The molecule has 0 aromatic heterocycles. The molecule has 0 heterocycles. The number of aryl methyl sites for hydroxylation is 1. The van der Waals surface area contributed by atoms with Gasteiger partial charge in [0.2, 0.25) is 5.91 Å². The molecule has 1 rings (SSSR count). The Labute approximate surface area is 157 Å². The van der Waals surface area contributed by atoms with Gasteiger partial charge in [0, 0.05) is 18.7 Å². The Kier molecular flexibility index (Phi) is 9.46. The summed E-state index contributed by atoms with van der Waals surface area (Å²) in [4.78, 5) is 16.0. The highest BCUT2D eigenvalue weighted by Gasteiger charge is 2.28. The average molecular weight is 388 g/mol. The summed E-state index contributed by atoms with van der Waals surface area (Å²) in [5.74, 6) is 0.381. The van der Waals surface area contributed by atoms with Crippen LogP contribution < -0.4 is 20.7 Å². The van der Waals surface area contributed by atoms with Gasteiger partial charge in [-0.25, -0.2) is 4.99 Å². The first-order chi connectivity index (χ1) is 12.7. The van der Waals surface area contributed by atoms with E-state index in [-0.39, 0.29) is 24.7 Å². The summed E-state index contributed by atoms with van der Waals surface area (Å²) in [5, 5.41) is 8.62. The van der Waals surface area contributed by atoms with Gasteiger partial charge in [0.1, 0.15) is 5.75 Å². The third kappa shape index (κ3) is 9.72. The van der Waals surface area contributed by atoms with Crippen LogP contribution in [0.25, 0.3) is 0 Å². The fourth-order valence-electron chi connectivity index (χ4n) is 2.08. The van der Waals surface area contributed by atoms with Crippen LogP contribution in [0.15, 0.2) is 23.2 Å². The Morgan fingerprint density at radius 1 is 1.19 bits per heavy atom. The van der Waals surface area contributed by atoms with E-state index in [1.807, 2.05) is 13.8 Å². The van der Waals surface area contributed by atoms with E-state index in [9.17, 15) is 18.0 Å². The smallest absolute Gasteiger partial charge is 0.422 e. The monoisotopic (exact) mass is 388 g/mol. The van der Waals surface area contributed by atoms with Gasteiger partial charge in [0.25, 0.3) is 0 Å². The Hall–Kier alpha value is -2.45. The zero-order valence-corrected chi connectivity index (χ0v) is 15.9. The van der Waals surface area contributed by atoms with Gasteiger partial charge in [-0.1, -0.05) is 19.1 Å². The molecule has 0 aliphatic rings. The van der Waals surface area contributed by atoms with Gasteiger partial charge in [0.15, 0.2) is 12.6 Å². The molecule has 0 atom stereocenters. The first-order valence-corrected chi connectivity index (χ1v) is 8.83. The lowest BCUT2D eigenvalue weighted by molar-refractivity contribution is -0.153. The van der Waals surface area contributed by atoms with Crippen LogP contribution in [0.4, 0.5) is 13.2 Å². The molecule has 0 radical (unpaired) electrons. The minimum atomic E-state index is -4.41. The minimum absolute atomic E-state index is 0.0527. The molecule has 0 aliphatic heterocycles. The maximum absolute atomic E-state index is 12.4. The van der Waals surface area contributed by atoms with Crippen LogP contribution in [-0.2, 0) is 11.3 Å². The molecular formula is C18H27F3N4O2. The average Bonchev–Trinajstić information content (AvgIpc) is 2.60. The van der Waals surface area contributed by atoms with Crippen LogP contribution >= 0.6 is 0 Å². The summed E-state index contributed by atoms with van der Waals surface area (Å²) in [6, 6.07) is 5.01. The lowest BCUT2D eigenvalue weighted by Crippen LogP contribution is -2.43. The molecule has 0 aliphatic carbocycles. The molecule has 0 spiro atoms. The molecule has 152 valence electrons. The minimum Gasteiger partial charge on any atom is -0.484 e. The molecule has 6 nitrogen and oxygen atoms in total. The number of halogens is 3. The maximum Gasteiger partial charge on any atom is 0.422 e. The summed E-state index contributed by atoms with van der Waals surface area (Å²) in [6.45, 7) is 5.58. The van der Waals surface area contributed by atoms with Gasteiger partial charge in [-0.15, -0.1) is 0 Å². The van der Waals surface area contributed by atoms with Crippen molar-refractivity contribution in [1.29, 1.82) is 0 Å². The number of ether oxygens (including phenoxy) is 1. The van der Waals surface area contributed by atoms with Crippen molar-refractivity contribution in [3.63, 3.8) is 0 Å². The van der Waals surface area contributed by atoms with Crippen molar-refractivity contribution >= 4 is 11.9 Å². The first kappa shape index (κ1) is 22.6. The van der Waals surface area contributed by atoms with E-state index in [1.54, 1.807) is 25.1 Å². The lowest BCUT2D eigenvalue weighted by atomic mass is 10.1. The molecule has 1 aromatic rings. The number of rotatable bonds is 9. The van der Waals surface area contributed by atoms with Crippen molar-refractivity contribution in [2.24, 2.45) is 4.99 Å². The van der Waals surface area contributed by atoms with Crippen LogP contribution in [0, 0.1) is 6.92 Å². The first-order valence-electron chi connectivity index (χ1n) is 8.83. The van der Waals surface area contributed by atoms with Gasteiger partial charge >= 0.3 is 6.18 Å². The van der Waals surface area contributed by atoms with Crippen molar-refractivity contribution in [3.8, 4) is 5.75 Å². The number of carbonyl (C=O) groups is 1. The van der Waals surface area contributed by atoms with Crippen molar-refractivity contribution in [2.75, 3.05) is 26.2 Å². The second-order valence-corrected chi connectivity index (χ2v) is 5.91. The topological polar surface area (TPSA) is 74.8 Å². The highest BCUT2D eigenvalue weighted by molar-refractivity contribution is 5.86. The summed E-state index contributed by atoms with van der Waals surface area (Å²) in [7, 11) is 0. The number of aliphatic imine (C=N–C) groups is 1. The standard InChI is InChI=1S/C18H27F3N4O2/c1-4-8-23-16(26)11-25-17(22-5-2)24-10-14-7-6-13(3)9-15(14)27-12-18(19,20)21/h6-7,9H,4-5,8,10-12H2,1-3H3,(H,23,26)(H2,22,24,25). The van der Waals surface area contributed by atoms with Crippen molar-refractivity contribution in [1.82, 2.24) is 16.0 Å². The van der Waals surface area contributed by atoms with E-state index in [1.165, 1.54) is 0 Å². The molecule has 27 heavy (non-hydrogen) atoms. The molecule has 3 N–H and O–H groups in total. The molecule has 0 bridgehead atoms. The number of hydrogen-bond acceptors (Lipinski definition) is 3. The van der Waals surface area contributed by atoms with E-state index in [4.69, 9.17) is 4.74 Å². The summed E-state index contributed by atoms with van der Waals surface area (Å²) in [6.07, 6.45) is -3.57. The highest BCUT2D eigenvalue weighted by atomic mass is 19.4. The number of guanidine groups is 1. The SMILES string of the molecule is CCCNC(=O)CNC(=NCc1ccc(C)cc1OCC(F)(F)F)NCC. The largest absolute Gasteiger partial charge is 0.484 e. The van der Waals surface area contributed by atoms with E-state index in [0.717, 1.165) is 12.0 Å². The van der Waals surface area contributed by atoms with Gasteiger partial charge in [-0.05, 0) is 31.9 Å². The van der Waals surface area contributed by atoms with Crippen LogP contribution in [0.1, 0.15) is 31.4 Å². The summed E-state index contributed by atoms with van der Waals surface area (Å²) in [5.41, 5.74) is 1.31. The molecule has 0 unspecified atom stereocenters. The Bertz CT molecular complexity index is 634. The number of benzene rings is 1. The summed E-state index contributed by atoms with van der Waals surface area (Å²) >= 11 is 0. The molecule has 1 aromatic carbocycles. The number of carbonyl (C=O) groups excluding carboxylic acids is 1. The van der Waals surface area contributed by atoms with E-state index in [2.05, 4.69) is 20.9 Å². The maximum atomic E-state index is 12.4. The van der Waals surface area contributed by atoms with Crippen molar-refractivity contribution in [2.45, 2.75) is 39.9 Å². The molecule has 1 amide bonds. The van der Waals surface area contributed by atoms with Crippen LogP contribution in [0.2, 0.25) is 0 Å². The summed E-state index contributed by atoms with van der Waals surface area (Å²) < 4.78 is 42.2. The zero-order valence-electron chi connectivity index (χ0n) is 15.9. The fraction of sp³-hybridized carbons (Fsp3) is 0.556. The predicted octanol–water partition coefficient (Wildman–Crippen LogP) is 2.52. The molecule has 0 saturated carbocycles. The molecule has 0 fully saturated rings. The van der Waals surface area contributed by atoms with Gasteiger partial charge in [0.05, 0.1) is 13.1 Å². The number of amides is 1. The quantitative estimate of drug-likeness (QED) is 0.449. The van der Waals surface area contributed by atoms with Gasteiger partial charge in [-0.2, -0.15) is 13.2 Å². The third-order valence-electron chi connectivity index (χ3n) is 3.35. The van der Waals surface area contributed by atoms with Gasteiger partial charge in [-0.3, -0.25) is 4.79 Å². The van der Waals surface area contributed by atoms with E-state index < -0.39 is 12.8 Å². The van der Waals surface area contributed by atoms with Gasteiger partial charge < -0.3 is 20.7 Å². The van der Waals surface area contributed by atoms with Crippen LogP contribution in [0.5, 0.6) is 5.75 Å². The predicted molar refractivity (Wildman–Crippen MR) is 98.8 cm³/mol. The Morgan fingerprint density at radius 2 is 1.93 bits per heavy atom. The number of nitrogens with one attached hydrogen (secondary N) is 3. The third-order valence-corrected chi connectivity index (χ3v) is 3.35. The second-order valence-electron chi connectivity index (χ2n) is 5.91. The Balaban J connectivity index is 2.78. The number of hydrogen-bond donors (Lipinski definition) is 3. The number of alkyl halides is 3. The highest BCUT2D eigenvalue weighted by Crippen LogP contribution is 2.24. The lowest BCUT2D eigenvalue weighted by Gasteiger charge is -2.14. The van der Waals surface area contributed by atoms with Crippen LogP contribution in [0.3, 0.4) is 0 Å². The van der Waals surface area contributed by atoms with Crippen LogP contribution in [-0.4, -0.2) is 44.3 Å².